The van der Waals surface area contributed by atoms with E-state index in [-0.39, 0.29) is 46.4 Å². The summed E-state index contributed by atoms with van der Waals surface area (Å²) in [5.41, 5.74) is -0.748. The molecule has 0 fully saturated rings. The molecule has 6 nitrogen and oxygen atoms in total. The van der Waals surface area contributed by atoms with Crippen LogP contribution >= 0.6 is 11.3 Å². The molecule has 10 heteroatoms. The summed E-state index contributed by atoms with van der Waals surface area (Å²) in [5.74, 6) is -0.940. The number of thiophene rings is 1. The number of hydrogen-bond acceptors (Lipinski definition) is 8. The number of fused-ring (bicyclic) bond motifs is 1. The van der Waals surface area contributed by atoms with E-state index in [1.807, 2.05) is 0 Å². The van der Waals surface area contributed by atoms with Gasteiger partial charge in [-0.25, -0.2) is 9.59 Å². The van der Waals surface area contributed by atoms with Crippen LogP contribution in [0.3, 0.4) is 0 Å². The molecule has 0 aliphatic heterocycles. The molecule has 0 aliphatic rings. The number of esters is 1. The fourth-order valence-corrected chi connectivity index (χ4v) is 3.07. The smallest absolute Gasteiger partial charge is 0.351 e. The van der Waals surface area contributed by atoms with Crippen molar-refractivity contribution in [3.63, 3.8) is 0 Å². The molecule has 2 aromatic heterocycles. The van der Waals surface area contributed by atoms with Gasteiger partial charge in [-0.3, -0.25) is 0 Å². The summed E-state index contributed by atoms with van der Waals surface area (Å²) >= 11 is 1.14. The second kappa shape index (κ2) is 7.76. The summed E-state index contributed by atoms with van der Waals surface area (Å²) in [4.78, 5) is 23.3. The van der Waals surface area contributed by atoms with Gasteiger partial charge in [0, 0.05) is 29.5 Å². The van der Waals surface area contributed by atoms with E-state index in [4.69, 9.17) is 4.42 Å². The maximum atomic E-state index is 11.5. The van der Waals surface area contributed by atoms with Gasteiger partial charge in [-0.05, 0) is 22.8 Å². The van der Waals surface area contributed by atoms with E-state index in [0.717, 1.165) is 18.4 Å². The van der Waals surface area contributed by atoms with Crippen molar-refractivity contribution in [1.29, 1.82) is 0 Å². The third-order valence-electron chi connectivity index (χ3n) is 2.14. The van der Waals surface area contributed by atoms with Gasteiger partial charge in [0.2, 0.25) is 0 Å². The first-order valence-electron chi connectivity index (χ1n) is 4.72. The minimum Gasteiger partial charge on any atom is -0.465 e. The molecule has 0 saturated heterocycles. The molecular weight excluding hydrogens is 475 g/mol. The maximum Gasteiger partial charge on any atom is 0.351 e. The van der Waals surface area contributed by atoms with Crippen molar-refractivity contribution in [3.05, 3.63) is 33.0 Å². The van der Waals surface area contributed by atoms with Gasteiger partial charge in [0.25, 0.3) is 0 Å². The molecule has 0 amide bonds. The Bertz CT molecular complexity index is 740. The molecule has 0 N–H and O–H groups in total. The second-order valence-corrected chi connectivity index (χ2v) is 5.39. The van der Waals surface area contributed by atoms with Crippen LogP contribution in [0.1, 0.15) is 15.2 Å². The van der Waals surface area contributed by atoms with Crippen LogP contribution in [-0.4, -0.2) is 21.5 Å². The largest absolute Gasteiger partial charge is 0.465 e. The Hall–Kier alpha value is -0.917. The van der Waals surface area contributed by atoms with E-state index in [2.05, 4.69) is 4.74 Å². The maximum absolute atomic E-state index is 11.5. The average Bonchev–Trinajstić information content (AvgIpc) is 2.67. The van der Waals surface area contributed by atoms with E-state index < -0.39 is 22.3 Å². The number of ether oxygens (including phenoxy) is 1. The summed E-state index contributed by atoms with van der Waals surface area (Å²) in [6, 6.07) is 2.81. The first kappa shape index (κ1) is 19.1. The quantitative estimate of drug-likeness (QED) is 0.370. The normalized spacial score (nSPS) is 9.90. The van der Waals surface area contributed by atoms with Crippen molar-refractivity contribution in [3.8, 4) is 0 Å². The molecule has 3 radical (unpaired) electrons. The van der Waals surface area contributed by atoms with E-state index in [1.165, 1.54) is 12.1 Å². The van der Waals surface area contributed by atoms with Gasteiger partial charge in [-0.1, -0.05) is 10.7 Å². The molecule has 0 spiro atoms. The molecule has 0 atom stereocenters. The minimum absolute atomic E-state index is 0. The Kier molecular flexibility index (Phi) is 7.40. The zero-order valence-corrected chi connectivity index (χ0v) is 14.7. The van der Waals surface area contributed by atoms with E-state index in [0.29, 0.717) is 9.58 Å². The molecule has 0 aliphatic carbocycles. The molecule has 105 valence electrons. The van der Waals surface area contributed by atoms with Crippen LogP contribution in [0.25, 0.3) is 10.3 Å². The van der Waals surface area contributed by atoms with Gasteiger partial charge in [-0.2, -0.15) is 0 Å². The molecule has 0 bridgehead atoms. The predicted molar refractivity (Wildman–Crippen MR) is 69.9 cm³/mol. The van der Waals surface area contributed by atoms with Gasteiger partial charge in [0.1, 0.15) is 11.1 Å². The van der Waals surface area contributed by atoms with Gasteiger partial charge in [0.15, 0.2) is 0 Å². The Balaban J connectivity index is 0.00000180. The topological polar surface area (TPSA) is 90.7 Å². The van der Waals surface area contributed by atoms with Crippen molar-refractivity contribution in [1.82, 2.24) is 0 Å². The summed E-state index contributed by atoms with van der Waals surface area (Å²) in [6.45, 7) is 0. The fourth-order valence-electron chi connectivity index (χ4n) is 1.40. The Morgan fingerprint density at radius 1 is 1.40 bits per heavy atom. The Labute approximate surface area is 135 Å². The van der Waals surface area contributed by atoms with Crippen molar-refractivity contribution in [2.24, 2.45) is 0 Å². The summed E-state index contributed by atoms with van der Waals surface area (Å²) in [5, 5.41) is 0. The van der Waals surface area contributed by atoms with Crippen LogP contribution in [0.2, 0.25) is 0 Å². The molecule has 2 heterocycles. The number of carbonyl (C=O) groups is 1. The number of rotatable bonds is 3. The van der Waals surface area contributed by atoms with Crippen molar-refractivity contribution in [2.45, 2.75) is 5.75 Å². The zero-order chi connectivity index (χ0) is 13.3. The Morgan fingerprint density at radius 2 is 2.05 bits per heavy atom. The molecule has 20 heavy (non-hydrogen) atoms. The van der Waals surface area contributed by atoms with Gasteiger partial charge in [0.05, 0.1) is 11.8 Å². The molecule has 0 saturated carbocycles. The van der Waals surface area contributed by atoms with Crippen molar-refractivity contribution >= 4 is 46.7 Å². The standard InChI is InChI=1S/C10H7O6S2.B.W/c1-15-9(11)6-3-8-7(16-10(6)12)2-5(17-8)4-18(13)14;;/h2-3H,4H2,1H3;;/q-1;;. The summed E-state index contributed by atoms with van der Waals surface area (Å²) in [6.07, 6.45) is 0. The van der Waals surface area contributed by atoms with Crippen LogP contribution in [0.15, 0.2) is 21.3 Å². The van der Waals surface area contributed by atoms with Crippen LogP contribution in [-0.2, 0) is 50.7 Å². The first-order chi connectivity index (χ1) is 8.51. The first-order valence-corrected chi connectivity index (χ1v) is 6.78. The molecule has 0 aromatic carbocycles. The monoisotopic (exact) mass is 482 g/mol. The van der Waals surface area contributed by atoms with Crippen molar-refractivity contribution in [2.75, 3.05) is 7.11 Å². The van der Waals surface area contributed by atoms with Gasteiger partial charge >= 0.3 is 11.6 Å². The van der Waals surface area contributed by atoms with Crippen LogP contribution < -0.4 is 5.63 Å². The number of methoxy groups -OCH3 is 1. The number of carbonyl (C=O) groups excluding carboxylic acids is 1. The second-order valence-electron chi connectivity index (χ2n) is 3.33. The number of hydrogen-bond donors (Lipinski definition) is 0. The zero-order valence-electron chi connectivity index (χ0n) is 10.1. The molecule has 0 unspecified atom stereocenters. The SMILES string of the molecule is COC(=O)c1cc2sc(C[S-](=O)=O)cc2oc1=O.[B].[W]. The molecular formula is C10H7BO6S2W-. The third kappa shape index (κ3) is 4.04. The van der Waals surface area contributed by atoms with Gasteiger partial charge in [-0.15, -0.1) is 11.3 Å². The molecule has 2 aromatic rings. The minimum atomic E-state index is -2.22. The Morgan fingerprint density at radius 3 is 2.60 bits per heavy atom. The fraction of sp³-hybridized carbons (Fsp3) is 0.200. The third-order valence-corrected chi connectivity index (χ3v) is 3.93. The van der Waals surface area contributed by atoms with Crippen molar-refractivity contribution < 1.29 is 43.4 Å². The van der Waals surface area contributed by atoms with Crippen LogP contribution in [0, 0.1) is 0 Å². The predicted octanol–water partition coefficient (Wildman–Crippen LogP) is 1.07. The molecule has 2 rings (SSSR count). The van der Waals surface area contributed by atoms with Crippen LogP contribution in [0.5, 0.6) is 0 Å². The summed E-state index contributed by atoms with van der Waals surface area (Å²) in [7, 11) is -1.06. The van der Waals surface area contributed by atoms with E-state index >= 15 is 0 Å². The average molecular weight is 482 g/mol. The van der Waals surface area contributed by atoms with E-state index in [9.17, 15) is 18.0 Å². The van der Waals surface area contributed by atoms with Gasteiger partial charge < -0.3 is 17.6 Å². The van der Waals surface area contributed by atoms with E-state index in [1.54, 1.807) is 0 Å². The summed E-state index contributed by atoms with van der Waals surface area (Å²) < 4.78 is 31.0. The van der Waals surface area contributed by atoms with Crippen LogP contribution in [0.4, 0.5) is 0 Å².